The van der Waals surface area contributed by atoms with E-state index < -0.39 is 0 Å². The molecule has 0 radical (unpaired) electrons. The molecule has 0 fully saturated rings. The molecule has 0 unspecified atom stereocenters. The molecule has 0 aliphatic heterocycles. The molecule has 15 heavy (non-hydrogen) atoms. The van der Waals surface area contributed by atoms with Crippen molar-refractivity contribution in [1.29, 1.82) is 0 Å². The Morgan fingerprint density at radius 2 is 2.20 bits per heavy atom. The average Bonchev–Trinajstić information content (AvgIpc) is 2.87. The molecule has 0 saturated heterocycles. The summed E-state index contributed by atoms with van der Waals surface area (Å²) in [5, 5.41) is 18.0. The molecule has 3 nitrogen and oxygen atoms in total. The summed E-state index contributed by atoms with van der Waals surface area (Å²) in [5.74, 6) is 0. The van der Waals surface area contributed by atoms with Crippen molar-refractivity contribution in [1.82, 2.24) is 15.5 Å². The standard InChI is InChI=1S/C10H13N3S2/c1-2-11-6-10-13-12-9(15-10)5-8-3-4-14-7-8/h3-4,7,11H,2,5-6H2,1H3. The molecule has 5 heteroatoms. The van der Waals surface area contributed by atoms with Gasteiger partial charge in [0.1, 0.15) is 10.0 Å². The second kappa shape index (κ2) is 5.34. The Kier molecular flexibility index (Phi) is 3.82. The maximum Gasteiger partial charge on any atom is 0.131 e. The maximum atomic E-state index is 4.18. The lowest BCUT2D eigenvalue weighted by atomic mass is 10.3. The Labute approximate surface area is 97.2 Å². The molecular weight excluding hydrogens is 226 g/mol. The Hall–Kier alpha value is -0.780. The van der Waals surface area contributed by atoms with Crippen molar-refractivity contribution in [3.8, 4) is 0 Å². The fourth-order valence-electron chi connectivity index (χ4n) is 1.23. The number of hydrogen-bond acceptors (Lipinski definition) is 5. The van der Waals surface area contributed by atoms with Crippen molar-refractivity contribution in [2.24, 2.45) is 0 Å². The third-order valence-electron chi connectivity index (χ3n) is 1.97. The van der Waals surface area contributed by atoms with Gasteiger partial charge in [-0.3, -0.25) is 0 Å². The van der Waals surface area contributed by atoms with Crippen molar-refractivity contribution in [2.75, 3.05) is 6.54 Å². The van der Waals surface area contributed by atoms with Crippen LogP contribution in [-0.4, -0.2) is 16.7 Å². The molecule has 2 aromatic rings. The van der Waals surface area contributed by atoms with Crippen molar-refractivity contribution in [3.63, 3.8) is 0 Å². The van der Waals surface area contributed by atoms with E-state index in [1.807, 2.05) is 0 Å². The van der Waals surface area contributed by atoms with E-state index in [2.05, 4.69) is 39.3 Å². The summed E-state index contributed by atoms with van der Waals surface area (Å²) in [6.45, 7) is 3.89. The van der Waals surface area contributed by atoms with Gasteiger partial charge < -0.3 is 5.32 Å². The first-order valence-corrected chi connectivity index (χ1v) is 6.67. The third-order valence-corrected chi connectivity index (χ3v) is 3.63. The van der Waals surface area contributed by atoms with Gasteiger partial charge in [0.2, 0.25) is 0 Å². The summed E-state index contributed by atoms with van der Waals surface area (Å²) in [6, 6.07) is 2.13. The molecule has 2 aromatic heterocycles. The Morgan fingerprint density at radius 3 is 2.93 bits per heavy atom. The van der Waals surface area contributed by atoms with Gasteiger partial charge in [-0.05, 0) is 28.9 Å². The summed E-state index contributed by atoms with van der Waals surface area (Å²) >= 11 is 3.41. The minimum absolute atomic E-state index is 0.831. The van der Waals surface area contributed by atoms with Crippen LogP contribution in [0, 0.1) is 0 Å². The molecule has 0 saturated carbocycles. The number of aromatic nitrogens is 2. The lowest BCUT2D eigenvalue weighted by Gasteiger charge is -1.93. The second-order valence-electron chi connectivity index (χ2n) is 3.18. The minimum Gasteiger partial charge on any atom is -0.311 e. The van der Waals surface area contributed by atoms with Gasteiger partial charge in [0.25, 0.3) is 0 Å². The molecule has 80 valence electrons. The van der Waals surface area contributed by atoms with Crippen molar-refractivity contribution in [3.05, 3.63) is 32.4 Å². The molecule has 2 rings (SSSR count). The molecule has 0 amide bonds. The van der Waals surface area contributed by atoms with E-state index in [4.69, 9.17) is 0 Å². The minimum atomic E-state index is 0.831. The molecule has 0 aromatic carbocycles. The fourth-order valence-corrected chi connectivity index (χ4v) is 2.75. The zero-order chi connectivity index (χ0) is 10.5. The third kappa shape index (κ3) is 3.09. The number of thiophene rings is 1. The van der Waals surface area contributed by atoms with E-state index in [-0.39, 0.29) is 0 Å². The van der Waals surface area contributed by atoms with Gasteiger partial charge in [0.15, 0.2) is 0 Å². The number of rotatable bonds is 5. The highest BCUT2D eigenvalue weighted by Crippen LogP contribution is 2.16. The van der Waals surface area contributed by atoms with Crippen molar-refractivity contribution in [2.45, 2.75) is 19.9 Å². The molecule has 0 aliphatic rings. The van der Waals surface area contributed by atoms with Crippen LogP contribution >= 0.6 is 22.7 Å². The number of hydrogen-bond donors (Lipinski definition) is 1. The normalized spacial score (nSPS) is 10.7. The van der Waals surface area contributed by atoms with Crippen LogP contribution in [0.2, 0.25) is 0 Å². The van der Waals surface area contributed by atoms with Gasteiger partial charge in [0.05, 0.1) is 0 Å². The van der Waals surface area contributed by atoms with Crippen LogP contribution in [0.3, 0.4) is 0 Å². The molecule has 0 atom stereocenters. The molecule has 0 bridgehead atoms. The van der Waals surface area contributed by atoms with Crippen LogP contribution in [0.25, 0.3) is 0 Å². The first-order valence-electron chi connectivity index (χ1n) is 4.91. The van der Waals surface area contributed by atoms with Crippen molar-refractivity contribution < 1.29 is 0 Å². The van der Waals surface area contributed by atoms with Crippen molar-refractivity contribution >= 4 is 22.7 Å². The summed E-state index contributed by atoms with van der Waals surface area (Å²) in [6.07, 6.45) is 0.910. The first kappa shape index (κ1) is 10.7. The largest absolute Gasteiger partial charge is 0.311 e. The molecule has 2 heterocycles. The van der Waals surface area contributed by atoms with Crippen LogP contribution in [0.4, 0.5) is 0 Å². The zero-order valence-electron chi connectivity index (χ0n) is 8.56. The van der Waals surface area contributed by atoms with Gasteiger partial charge in [-0.1, -0.05) is 18.3 Å². The Balaban J connectivity index is 1.95. The molecule has 0 aliphatic carbocycles. The smallest absolute Gasteiger partial charge is 0.131 e. The fraction of sp³-hybridized carbons (Fsp3) is 0.400. The van der Waals surface area contributed by atoms with E-state index in [0.717, 1.165) is 29.5 Å². The van der Waals surface area contributed by atoms with Crippen LogP contribution in [0.1, 0.15) is 22.5 Å². The summed E-state index contributed by atoms with van der Waals surface area (Å²) in [4.78, 5) is 0. The summed E-state index contributed by atoms with van der Waals surface area (Å²) in [5.41, 5.74) is 1.33. The highest BCUT2D eigenvalue weighted by atomic mass is 32.1. The topological polar surface area (TPSA) is 37.8 Å². The van der Waals surface area contributed by atoms with E-state index in [1.54, 1.807) is 22.7 Å². The van der Waals surface area contributed by atoms with Crippen LogP contribution in [0.15, 0.2) is 16.8 Å². The summed E-state index contributed by atoms with van der Waals surface area (Å²) in [7, 11) is 0. The monoisotopic (exact) mass is 239 g/mol. The highest BCUT2D eigenvalue weighted by Gasteiger charge is 2.04. The van der Waals surface area contributed by atoms with E-state index in [0.29, 0.717) is 0 Å². The SMILES string of the molecule is CCNCc1nnc(Cc2ccsc2)s1. The maximum absolute atomic E-state index is 4.18. The average molecular weight is 239 g/mol. The molecule has 0 spiro atoms. The van der Waals surface area contributed by atoms with Gasteiger partial charge >= 0.3 is 0 Å². The van der Waals surface area contributed by atoms with Gasteiger partial charge in [-0.15, -0.1) is 10.2 Å². The summed E-state index contributed by atoms with van der Waals surface area (Å²) < 4.78 is 0. The van der Waals surface area contributed by atoms with E-state index in [9.17, 15) is 0 Å². The van der Waals surface area contributed by atoms with Crippen LogP contribution in [0.5, 0.6) is 0 Å². The predicted molar refractivity (Wildman–Crippen MR) is 64.4 cm³/mol. The first-order chi connectivity index (χ1) is 7.38. The van der Waals surface area contributed by atoms with Crippen LogP contribution < -0.4 is 5.32 Å². The number of nitrogens with zero attached hydrogens (tertiary/aromatic N) is 2. The van der Waals surface area contributed by atoms with Crippen LogP contribution in [-0.2, 0) is 13.0 Å². The predicted octanol–water partition coefficient (Wildman–Crippen LogP) is 2.30. The van der Waals surface area contributed by atoms with Gasteiger partial charge in [-0.2, -0.15) is 11.3 Å². The van der Waals surface area contributed by atoms with Gasteiger partial charge in [-0.25, -0.2) is 0 Å². The Bertz CT molecular complexity index is 394. The Morgan fingerprint density at radius 1 is 1.33 bits per heavy atom. The lowest BCUT2D eigenvalue weighted by molar-refractivity contribution is 0.714. The van der Waals surface area contributed by atoms with E-state index >= 15 is 0 Å². The zero-order valence-corrected chi connectivity index (χ0v) is 10.2. The van der Waals surface area contributed by atoms with Gasteiger partial charge in [0, 0.05) is 13.0 Å². The molecular formula is C10H13N3S2. The molecule has 1 N–H and O–H groups in total. The lowest BCUT2D eigenvalue weighted by Crippen LogP contribution is -2.11. The highest BCUT2D eigenvalue weighted by molar-refractivity contribution is 7.11. The number of nitrogens with one attached hydrogen (secondary N) is 1. The van der Waals surface area contributed by atoms with E-state index in [1.165, 1.54) is 5.56 Å². The quantitative estimate of drug-likeness (QED) is 0.870. The second-order valence-corrected chi connectivity index (χ2v) is 5.10.